The van der Waals surface area contributed by atoms with Crippen molar-refractivity contribution in [3.63, 3.8) is 0 Å². The minimum Gasteiger partial charge on any atom is -0.407 e. The Morgan fingerprint density at radius 3 is 2.50 bits per heavy atom. The number of nitrogens with one attached hydrogen (secondary N) is 2. The van der Waals surface area contributed by atoms with Crippen molar-refractivity contribution in [3.05, 3.63) is 28.6 Å². The highest BCUT2D eigenvalue weighted by Crippen LogP contribution is 2.43. The van der Waals surface area contributed by atoms with Gasteiger partial charge in [0, 0.05) is 55.8 Å². The lowest BCUT2D eigenvalue weighted by molar-refractivity contribution is -0.134. The summed E-state index contributed by atoms with van der Waals surface area (Å²) in [4.78, 5) is 53.2. The number of fused-ring (bicyclic) bond motifs is 1. The molecule has 2 fully saturated rings. The Kier molecular flexibility index (Phi) is 5.66. The van der Waals surface area contributed by atoms with E-state index in [0.29, 0.717) is 31.7 Å². The van der Waals surface area contributed by atoms with Gasteiger partial charge in [0.25, 0.3) is 5.91 Å². The molecule has 4 rings (SSSR count). The Morgan fingerprint density at radius 1 is 1.19 bits per heavy atom. The van der Waals surface area contributed by atoms with Crippen LogP contribution in [0.1, 0.15) is 61.0 Å². The van der Waals surface area contributed by atoms with E-state index < -0.39 is 35.2 Å². The lowest BCUT2D eigenvalue weighted by atomic mass is 9.85. The minimum atomic E-state index is -0.907. The summed E-state index contributed by atoms with van der Waals surface area (Å²) in [5, 5.41) is 5.40. The maximum Gasteiger partial charge on any atom is 0.415 e. The second kappa shape index (κ2) is 8.16. The van der Waals surface area contributed by atoms with Crippen LogP contribution in [0, 0.1) is 5.82 Å². The highest BCUT2D eigenvalue weighted by molar-refractivity contribution is 6.04. The summed E-state index contributed by atoms with van der Waals surface area (Å²) in [6.07, 6.45) is -0.498. The third kappa shape index (κ3) is 3.94. The molecule has 3 heterocycles. The summed E-state index contributed by atoms with van der Waals surface area (Å²) in [6.45, 7) is 7.76. The predicted octanol–water partition coefficient (Wildman–Crippen LogP) is 1.50. The topological polar surface area (TPSA) is 108 Å². The van der Waals surface area contributed by atoms with Gasteiger partial charge < -0.3 is 19.9 Å². The lowest BCUT2D eigenvalue weighted by Gasteiger charge is -2.32. The molecule has 10 heteroatoms. The molecule has 1 unspecified atom stereocenters. The van der Waals surface area contributed by atoms with Gasteiger partial charge in [-0.05, 0) is 38.8 Å². The van der Waals surface area contributed by atoms with Crippen LogP contribution < -0.4 is 15.4 Å². The van der Waals surface area contributed by atoms with Crippen molar-refractivity contribution in [1.29, 1.82) is 0 Å². The Labute approximate surface area is 185 Å². The van der Waals surface area contributed by atoms with Gasteiger partial charge in [-0.3, -0.25) is 19.7 Å². The van der Waals surface area contributed by atoms with Crippen LogP contribution in [0.5, 0.6) is 5.75 Å². The van der Waals surface area contributed by atoms with Crippen LogP contribution >= 0.6 is 0 Å². The molecule has 2 N–H and O–H groups in total. The largest absolute Gasteiger partial charge is 0.415 e. The molecule has 1 aromatic rings. The van der Waals surface area contributed by atoms with Gasteiger partial charge in [-0.2, -0.15) is 0 Å². The number of carbonyl (C=O) groups is 4. The average Bonchev–Trinajstić information content (AvgIpc) is 3.06. The van der Waals surface area contributed by atoms with Gasteiger partial charge in [-0.25, -0.2) is 9.18 Å². The molecule has 3 aliphatic heterocycles. The van der Waals surface area contributed by atoms with Gasteiger partial charge in [0.2, 0.25) is 11.8 Å². The van der Waals surface area contributed by atoms with Crippen molar-refractivity contribution < 1.29 is 28.3 Å². The van der Waals surface area contributed by atoms with E-state index in [2.05, 4.69) is 10.6 Å². The van der Waals surface area contributed by atoms with Crippen molar-refractivity contribution in [3.8, 4) is 5.75 Å². The molecule has 4 amide bonds. The van der Waals surface area contributed by atoms with Crippen molar-refractivity contribution in [1.82, 2.24) is 20.4 Å². The highest BCUT2D eigenvalue weighted by Gasteiger charge is 2.42. The molecule has 3 aliphatic rings. The van der Waals surface area contributed by atoms with E-state index >= 15 is 4.39 Å². The van der Waals surface area contributed by atoms with Crippen molar-refractivity contribution >= 4 is 23.8 Å². The zero-order valence-corrected chi connectivity index (χ0v) is 18.4. The fraction of sp³-hybridized carbons (Fsp3) is 0.545. The smallest absolute Gasteiger partial charge is 0.407 e. The second-order valence-electron chi connectivity index (χ2n) is 9.30. The van der Waals surface area contributed by atoms with E-state index in [9.17, 15) is 19.2 Å². The first kappa shape index (κ1) is 22.2. The van der Waals surface area contributed by atoms with Gasteiger partial charge in [0.05, 0.1) is 5.92 Å². The summed E-state index contributed by atoms with van der Waals surface area (Å²) >= 11 is 0. The first-order valence-electron chi connectivity index (χ1n) is 10.8. The molecule has 1 atom stereocenters. The van der Waals surface area contributed by atoms with E-state index in [4.69, 9.17) is 4.74 Å². The molecule has 172 valence electrons. The van der Waals surface area contributed by atoms with Crippen molar-refractivity contribution in [2.75, 3.05) is 26.2 Å². The average molecular weight is 446 g/mol. The van der Waals surface area contributed by atoms with E-state index in [1.54, 1.807) is 4.90 Å². The fourth-order valence-corrected chi connectivity index (χ4v) is 4.41. The molecule has 0 aromatic heterocycles. The summed E-state index contributed by atoms with van der Waals surface area (Å²) in [6, 6.07) is 1.08. The van der Waals surface area contributed by atoms with Crippen LogP contribution in [0.4, 0.5) is 9.18 Å². The van der Waals surface area contributed by atoms with E-state index in [-0.39, 0.29) is 42.2 Å². The monoisotopic (exact) mass is 446 g/mol. The molecule has 32 heavy (non-hydrogen) atoms. The number of piperazine rings is 1. The first-order chi connectivity index (χ1) is 15.1. The molecular formula is C22H27FN4O5. The first-order valence-corrected chi connectivity index (χ1v) is 10.8. The molecular weight excluding hydrogens is 419 g/mol. The number of ether oxygens (including phenoxy) is 1. The molecule has 0 spiro atoms. The SMILES string of the molecule is CC(C)(C)N1Cc2c(cc(F)c(OC(=O)N3CCNCC3)c2C2CCC(=O)NC2=O)C1=O. The highest BCUT2D eigenvalue weighted by atomic mass is 19.1. The van der Waals surface area contributed by atoms with Crippen molar-refractivity contribution in [2.45, 2.75) is 51.6 Å². The van der Waals surface area contributed by atoms with Crippen LogP contribution in [-0.4, -0.2) is 65.3 Å². The van der Waals surface area contributed by atoms with Crippen LogP contribution in [0.2, 0.25) is 0 Å². The Morgan fingerprint density at radius 2 is 1.88 bits per heavy atom. The van der Waals surface area contributed by atoms with Crippen LogP contribution in [0.3, 0.4) is 0 Å². The summed E-state index contributed by atoms with van der Waals surface area (Å²) < 4.78 is 20.8. The number of nitrogens with zero attached hydrogens (tertiary/aromatic N) is 2. The molecule has 0 bridgehead atoms. The molecule has 0 saturated carbocycles. The lowest BCUT2D eigenvalue weighted by Crippen LogP contribution is -2.47. The number of rotatable bonds is 2. The number of halogens is 1. The number of hydrogen-bond donors (Lipinski definition) is 2. The number of hydrogen-bond acceptors (Lipinski definition) is 6. The maximum absolute atomic E-state index is 15.3. The normalized spacial score (nSPS) is 21.5. The van der Waals surface area contributed by atoms with Gasteiger partial charge in [-0.15, -0.1) is 0 Å². The molecule has 0 radical (unpaired) electrons. The summed E-state index contributed by atoms with van der Waals surface area (Å²) in [5.74, 6) is -3.47. The molecule has 0 aliphatic carbocycles. The minimum absolute atomic E-state index is 0.0732. The number of benzene rings is 1. The van der Waals surface area contributed by atoms with Gasteiger partial charge in [0.15, 0.2) is 11.6 Å². The quantitative estimate of drug-likeness (QED) is 0.667. The Bertz CT molecular complexity index is 997. The van der Waals surface area contributed by atoms with Crippen molar-refractivity contribution in [2.24, 2.45) is 0 Å². The summed E-state index contributed by atoms with van der Waals surface area (Å²) in [7, 11) is 0. The Balaban J connectivity index is 1.79. The molecule has 9 nitrogen and oxygen atoms in total. The zero-order chi connectivity index (χ0) is 23.2. The third-order valence-corrected chi connectivity index (χ3v) is 6.14. The standard InChI is InChI=1S/C22H27FN4O5/c1-22(2,3)27-11-14-13(20(27)30)10-15(23)18(32-21(31)26-8-6-24-7-9-26)17(14)12-4-5-16(28)25-19(12)29/h10,12,24H,4-9,11H2,1-3H3,(H,25,28,29). The second-order valence-corrected chi connectivity index (χ2v) is 9.30. The zero-order valence-electron chi connectivity index (χ0n) is 18.4. The number of carbonyl (C=O) groups excluding carboxylic acids is 4. The molecule has 1 aromatic carbocycles. The van der Waals surface area contributed by atoms with Crippen LogP contribution in [0.15, 0.2) is 6.07 Å². The number of piperidine rings is 1. The number of imide groups is 1. The maximum atomic E-state index is 15.3. The van der Waals surface area contributed by atoms with Crippen LogP contribution in [0.25, 0.3) is 0 Å². The third-order valence-electron chi connectivity index (χ3n) is 6.14. The van der Waals surface area contributed by atoms with Gasteiger partial charge >= 0.3 is 6.09 Å². The summed E-state index contributed by atoms with van der Waals surface area (Å²) in [5.41, 5.74) is 0.253. The molecule has 2 saturated heterocycles. The number of amides is 4. The van der Waals surface area contributed by atoms with E-state index in [1.807, 2.05) is 20.8 Å². The van der Waals surface area contributed by atoms with Crippen LogP contribution in [-0.2, 0) is 16.1 Å². The van der Waals surface area contributed by atoms with E-state index in [1.165, 1.54) is 4.90 Å². The van der Waals surface area contributed by atoms with E-state index in [0.717, 1.165) is 6.07 Å². The van der Waals surface area contributed by atoms with Gasteiger partial charge in [-0.1, -0.05) is 0 Å². The predicted molar refractivity (Wildman–Crippen MR) is 112 cm³/mol. The van der Waals surface area contributed by atoms with Gasteiger partial charge in [0.1, 0.15) is 0 Å². The Hall–Kier alpha value is -3.01. The fourth-order valence-electron chi connectivity index (χ4n) is 4.41.